The second kappa shape index (κ2) is 27.7. The van der Waals surface area contributed by atoms with E-state index in [9.17, 15) is 0 Å². The van der Waals surface area contributed by atoms with Crippen molar-refractivity contribution in [2.75, 3.05) is 13.2 Å². The summed E-state index contributed by atoms with van der Waals surface area (Å²) in [5.41, 5.74) is 17.8. The minimum absolute atomic E-state index is 0.414. The fraction of sp³-hybridized carbons (Fsp3) is 0.264. The molecule has 0 heterocycles. The molecule has 12 rings (SSSR count). The topological polar surface area (TPSA) is 18.5 Å². The minimum atomic E-state index is -0.414. The number of ether oxygens (including phenoxy) is 2. The summed E-state index contributed by atoms with van der Waals surface area (Å²) in [6.45, 7) is 15.4. The number of rotatable bonds is 16. The second-order valence-electron chi connectivity index (χ2n) is 25.9. The molecule has 2 aliphatic rings. The van der Waals surface area contributed by atoms with Crippen molar-refractivity contribution >= 4 is 21.5 Å². The molecule has 2 nitrogen and oxygen atoms in total. The third-order valence-electron chi connectivity index (χ3n) is 18.2. The second-order valence-corrected chi connectivity index (χ2v) is 25.9. The molecule has 89 heavy (non-hydrogen) atoms. The van der Waals surface area contributed by atoms with Gasteiger partial charge in [0.1, 0.15) is 11.5 Å². The van der Waals surface area contributed by atoms with E-state index in [1.807, 2.05) is 48.5 Å². The molecule has 0 aromatic heterocycles. The lowest BCUT2D eigenvalue weighted by atomic mass is 9.70. The van der Waals surface area contributed by atoms with Gasteiger partial charge in [0.05, 0.1) is 13.2 Å². The fourth-order valence-electron chi connectivity index (χ4n) is 13.2. The van der Waals surface area contributed by atoms with E-state index < -0.39 is 5.41 Å². The van der Waals surface area contributed by atoms with Crippen LogP contribution in [0.5, 0.6) is 11.5 Å². The van der Waals surface area contributed by atoms with Gasteiger partial charge in [-0.2, -0.15) is 0 Å². The summed E-state index contributed by atoms with van der Waals surface area (Å²) in [6.07, 6.45) is 11.5. The molecule has 10 aromatic carbocycles. The first-order chi connectivity index (χ1) is 43.5. The third-order valence-corrected chi connectivity index (χ3v) is 18.2. The maximum absolute atomic E-state index is 6.10. The number of hydrogen-bond acceptors (Lipinski definition) is 2. The summed E-state index contributed by atoms with van der Waals surface area (Å²) < 4.78 is 12.2. The average Bonchev–Trinajstić information content (AvgIpc) is 1.56. The highest BCUT2D eigenvalue weighted by Gasteiger charge is 2.46. The molecule has 0 saturated carbocycles. The van der Waals surface area contributed by atoms with Crippen LogP contribution in [0.1, 0.15) is 160 Å². The molecule has 0 amide bonds. The lowest BCUT2D eigenvalue weighted by molar-refractivity contribution is 0.275. The highest BCUT2D eigenvalue weighted by atomic mass is 16.5. The lowest BCUT2D eigenvalue weighted by Crippen LogP contribution is -2.30. The summed E-state index contributed by atoms with van der Waals surface area (Å²) in [4.78, 5) is 0. The highest BCUT2D eigenvalue weighted by molar-refractivity contribution is 6.08. The molecule has 0 aliphatic heterocycles. The Morgan fingerprint density at radius 3 is 1.02 bits per heavy atom. The summed E-state index contributed by atoms with van der Waals surface area (Å²) in [5.74, 6) is 32.4. The van der Waals surface area contributed by atoms with Crippen molar-refractivity contribution < 1.29 is 9.47 Å². The monoisotopic (exact) mass is 1160 g/mol. The van der Waals surface area contributed by atoms with E-state index >= 15 is 0 Å². The van der Waals surface area contributed by atoms with Crippen LogP contribution in [0.25, 0.3) is 43.8 Å². The van der Waals surface area contributed by atoms with Crippen molar-refractivity contribution in [3.63, 3.8) is 0 Å². The summed E-state index contributed by atoms with van der Waals surface area (Å²) in [7, 11) is 0. The van der Waals surface area contributed by atoms with Crippen LogP contribution in [0, 0.1) is 71.0 Å². The van der Waals surface area contributed by atoms with Crippen LogP contribution in [0.15, 0.2) is 206 Å². The van der Waals surface area contributed by atoms with Gasteiger partial charge in [-0.25, -0.2) is 0 Å². The minimum Gasteiger partial charge on any atom is -0.494 e. The first kappa shape index (κ1) is 59.9. The van der Waals surface area contributed by atoms with E-state index in [0.717, 1.165) is 107 Å². The van der Waals surface area contributed by atoms with Crippen molar-refractivity contribution in [1.29, 1.82) is 0 Å². The zero-order chi connectivity index (χ0) is 61.1. The van der Waals surface area contributed by atoms with Gasteiger partial charge in [-0.1, -0.05) is 212 Å². The fourth-order valence-corrected chi connectivity index (χ4v) is 13.2. The number of benzene rings is 10. The Balaban J connectivity index is 0.797. The molecule has 440 valence electrons. The van der Waals surface area contributed by atoms with Crippen molar-refractivity contribution in [3.05, 3.63) is 273 Å². The lowest BCUT2D eigenvalue weighted by Gasteiger charge is -2.32. The van der Waals surface area contributed by atoms with Gasteiger partial charge < -0.3 is 9.47 Å². The Kier molecular flexibility index (Phi) is 18.7. The van der Waals surface area contributed by atoms with E-state index in [1.54, 1.807) is 0 Å². The van der Waals surface area contributed by atoms with Crippen LogP contribution in [0.2, 0.25) is 0 Å². The van der Waals surface area contributed by atoms with Crippen molar-refractivity contribution in [2.24, 2.45) is 23.7 Å². The molecular weight excluding hydrogens is 1080 g/mol. The van der Waals surface area contributed by atoms with Gasteiger partial charge in [0.15, 0.2) is 0 Å². The van der Waals surface area contributed by atoms with Gasteiger partial charge in [-0.15, -0.1) is 0 Å². The molecule has 2 aliphatic carbocycles. The molecule has 0 N–H and O–H groups in total. The van der Waals surface area contributed by atoms with E-state index in [4.69, 9.17) is 9.47 Å². The smallest absolute Gasteiger partial charge is 0.119 e. The Labute approximate surface area is 530 Å². The maximum atomic E-state index is 6.10. The molecule has 2 unspecified atom stereocenters. The Bertz CT molecular complexity index is 4130. The van der Waals surface area contributed by atoms with E-state index in [2.05, 4.69) is 247 Å². The van der Waals surface area contributed by atoms with E-state index in [1.165, 1.54) is 105 Å². The standard InChI is InChI=1S/C87H80O2/c1-61(2)13-11-15-63(5)53-55-88-77-47-37-69(38-48-77)31-29-65-21-25-67(26-22-65)33-35-71-41-51-81-82-52-42-72(36-34-68-27-23-66(24-28-68)30-32-70-39-49-78(50-40-70)89-56-54-64(6)16-12-14-62(3)4)58-84(82)87(83(81)57-71)59-75-45-43-73-17-7-9-19-79(73)85(75)86-76(60-87)46-44-74-18-8-10-20-80(74)86/h7-10,17-28,37-52,57-58,61-64H,11-16,53-56,59-60H2,1-6H3. The summed E-state index contributed by atoms with van der Waals surface area (Å²) in [5, 5.41) is 5.08. The van der Waals surface area contributed by atoms with Crippen LogP contribution in [0.3, 0.4) is 0 Å². The third kappa shape index (κ3) is 14.4. The van der Waals surface area contributed by atoms with Crippen LogP contribution in [-0.4, -0.2) is 13.2 Å². The number of fused-ring (bicyclic) bond motifs is 12. The molecule has 2 atom stereocenters. The highest BCUT2D eigenvalue weighted by Crippen LogP contribution is 2.57. The van der Waals surface area contributed by atoms with Gasteiger partial charge in [-0.05, 0) is 237 Å². The normalized spacial score (nSPS) is 13.0. The Morgan fingerprint density at radius 1 is 0.337 bits per heavy atom. The van der Waals surface area contributed by atoms with Crippen LogP contribution < -0.4 is 9.47 Å². The molecule has 2 heteroatoms. The average molecular weight is 1160 g/mol. The summed E-state index contributed by atoms with van der Waals surface area (Å²) in [6, 6.07) is 74.0. The van der Waals surface area contributed by atoms with Crippen LogP contribution in [0.4, 0.5) is 0 Å². The molecule has 0 radical (unpaired) electrons. The van der Waals surface area contributed by atoms with Crippen molar-refractivity contribution in [3.8, 4) is 81.1 Å². The van der Waals surface area contributed by atoms with Gasteiger partial charge in [0.2, 0.25) is 0 Å². The SMILES string of the molecule is CC(C)CCCC(C)CCOc1ccc(C#Cc2ccc(C#Cc3ccc4c(c3)C3(Cc5ccc6ccccc6c5-c5c(ccc6ccccc56)C3)c3cc(C#Cc5ccc(C#Cc6ccc(OCCC(C)CCCC(C)C)cc6)cc5)ccc3-4)cc2)cc1. The van der Waals surface area contributed by atoms with Gasteiger partial charge >= 0.3 is 0 Å². The first-order valence-electron chi connectivity index (χ1n) is 32.6. The molecule has 0 bridgehead atoms. The van der Waals surface area contributed by atoms with Gasteiger partial charge in [-0.3, -0.25) is 0 Å². The van der Waals surface area contributed by atoms with Crippen LogP contribution >= 0.6 is 0 Å². The van der Waals surface area contributed by atoms with Gasteiger partial charge in [0.25, 0.3) is 0 Å². The quantitative estimate of drug-likeness (QED) is 0.0898. The predicted octanol–water partition coefficient (Wildman–Crippen LogP) is 20.8. The Hall–Kier alpha value is -9.44. The van der Waals surface area contributed by atoms with E-state index in [-0.39, 0.29) is 0 Å². The van der Waals surface area contributed by atoms with Crippen LogP contribution in [-0.2, 0) is 18.3 Å². The molecule has 0 saturated heterocycles. The predicted molar refractivity (Wildman–Crippen MR) is 373 cm³/mol. The number of hydrogen-bond donors (Lipinski definition) is 0. The first-order valence-corrected chi connectivity index (χ1v) is 32.6. The van der Waals surface area contributed by atoms with Crippen molar-refractivity contribution in [1.82, 2.24) is 0 Å². The molecular formula is C87H80O2. The van der Waals surface area contributed by atoms with Gasteiger partial charge in [0, 0.05) is 49.9 Å². The summed E-state index contributed by atoms with van der Waals surface area (Å²) >= 11 is 0. The zero-order valence-corrected chi connectivity index (χ0v) is 52.7. The molecule has 10 aromatic rings. The molecule has 1 spiro atoms. The maximum Gasteiger partial charge on any atom is 0.119 e. The Morgan fingerprint density at radius 2 is 0.663 bits per heavy atom. The van der Waals surface area contributed by atoms with Crippen molar-refractivity contribution in [2.45, 2.75) is 111 Å². The largest absolute Gasteiger partial charge is 0.494 e. The van der Waals surface area contributed by atoms with E-state index in [0.29, 0.717) is 11.8 Å². The zero-order valence-electron chi connectivity index (χ0n) is 52.7. The molecule has 0 fully saturated rings.